The van der Waals surface area contributed by atoms with Gasteiger partial charge in [0, 0.05) is 23.2 Å². The Bertz CT molecular complexity index is 1210. The van der Waals surface area contributed by atoms with Crippen molar-refractivity contribution in [3.63, 3.8) is 0 Å². The van der Waals surface area contributed by atoms with Crippen LogP contribution in [0.2, 0.25) is 0 Å². The van der Waals surface area contributed by atoms with Gasteiger partial charge in [-0.1, -0.05) is 60.3 Å². The van der Waals surface area contributed by atoms with E-state index < -0.39 is 0 Å². The van der Waals surface area contributed by atoms with Crippen LogP contribution in [0.4, 0.5) is 0 Å². The number of thioether (sulfide) groups is 1. The number of para-hydroxylation sites is 1. The first-order chi connectivity index (χ1) is 15.6. The maximum absolute atomic E-state index is 6.18. The Kier molecular flexibility index (Phi) is 7.07. The maximum atomic E-state index is 6.18. The van der Waals surface area contributed by atoms with E-state index in [0.29, 0.717) is 6.54 Å². The molecule has 0 aliphatic rings. The Hall–Kier alpha value is -2.90. The summed E-state index contributed by atoms with van der Waals surface area (Å²) in [7, 11) is 0. The number of ether oxygens (including phenoxy) is 1. The van der Waals surface area contributed by atoms with Gasteiger partial charge in [0.2, 0.25) is 0 Å². The molecule has 1 unspecified atom stereocenters. The summed E-state index contributed by atoms with van der Waals surface area (Å²) in [4.78, 5) is 4.83. The Labute approximate surface area is 197 Å². The molecule has 0 aliphatic carbocycles. The molecule has 7 heteroatoms. The third-order valence-corrected chi connectivity index (χ3v) is 7.02. The van der Waals surface area contributed by atoms with Crippen molar-refractivity contribution in [1.82, 2.24) is 19.7 Å². The summed E-state index contributed by atoms with van der Waals surface area (Å²) in [6.07, 6.45) is 1.63. The van der Waals surface area contributed by atoms with Crippen LogP contribution in [0.3, 0.4) is 0 Å². The van der Waals surface area contributed by atoms with Gasteiger partial charge in [0.25, 0.3) is 0 Å². The van der Waals surface area contributed by atoms with Crippen LogP contribution >= 0.6 is 23.1 Å². The molecule has 0 saturated carbocycles. The molecule has 0 amide bonds. The van der Waals surface area contributed by atoms with E-state index in [2.05, 4.69) is 57.9 Å². The van der Waals surface area contributed by atoms with Crippen molar-refractivity contribution in [3.05, 3.63) is 89.2 Å². The van der Waals surface area contributed by atoms with Crippen molar-refractivity contribution in [1.29, 1.82) is 0 Å². The second-order valence-corrected chi connectivity index (χ2v) is 9.31. The fraction of sp³-hybridized carbons (Fsp3) is 0.240. The van der Waals surface area contributed by atoms with E-state index in [1.165, 1.54) is 11.1 Å². The van der Waals surface area contributed by atoms with Gasteiger partial charge >= 0.3 is 0 Å². The maximum Gasteiger partial charge on any atom is 0.192 e. The van der Waals surface area contributed by atoms with E-state index in [-0.39, 0.29) is 6.10 Å². The van der Waals surface area contributed by atoms with Crippen molar-refractivity contribution in [2.75, 3.05) is 0 Å². The van der Waals surface area contributed by atoms with Gasteiger partial charge in [-0.05, 0) is 38.0 Å². The lowest BCUT2D eigenvalue weighted by Gasteiger charge is -2.17. The third-order valence-electron chi connectivity index (χ3n) is 5.09. The summed E-state index contributed by atoms with van der Waals surface area (Å²) in [6, 6.07) is 16.3. The van der Waals surface area contributed by atoms with Crippen molar-refractivity contribution in [3.8, 4) is 16.3 Å². The Morgan fingerprint density at radius 3 is 2.59 bits per heavy atom. The quantitative estimate of drug-likeness (QED) is 0.206. The highest BCUT2D eigenvalue weighted by atomic mass is 32.2. The fourth-order valence-corrected chi connectivity index (χ4v) is 5.25. The first kappa shape index (κ1) is 22.3. The Morgan fingerprint density at radius 2 is 1.84 bits per heavy atom. The van der Waals surface area contributed by atoms with Crippen LogP contribution in [-0.2, 0) is 12.3 Å². The summed E-state index contributed by atoms with van der Waals surface area (Å²) in [5.74, 6) is 2.37. The molecule has 0 spiro atoms. The van der Waals surface area contributed by atoms with Crippen LogP contribution < -0.4 is 4.74 Å². The molecule has 0 N–H and O–H groups in total. The zero-order valence-electron chi connectivity index (χ0n) is 18.5. The number of aryl methyl sites for hydroxylation is 2. The number of hydrogen-bond donors (Lipinski definition) is 0. The zero-order valence-corrected chi connectivity index (χ0v) is 20.1. The number of aromatic nitrogens is 4. The van der Waals surface area contributed by atoms with Gasteiger partial charge in [0.05, 0.1) is 5.69 Å². The number of thiazole rings is 1. The summed E-state index contributed by atoms with van der Waals surface area (Å²) in [5.41, 5.74) is 4.56. The molecule has 4 rings (SSSR count). The third kappa shape index (κ3) is 4.95. The van der Waals surface area contributed by atoms with E-state index in [4.69, 9.17) is 9.72 Å². The highest BCUT2D eigenvalue weighted by Crippen LogP contribution is 2.31. The average Bonchev–Trinajstić information content (AvgIpc) is 3.42. The molecule has 32 heavy (non-hydrogen) atoms. The number of hydrogen-bond acceptors (Lipinski definition) is 6. The van der Waals surface area contributed by atoms with Crippen molar-refractivity contribution < 1.29 is 4.74 Å². The molecule has 164 valence electrons. The van der Waals surface area contributed by atoms with Crippen LogP contribution in [0.1, 0.15) is 35.7 Å². The Balaban J connectivity index is 1.49. The molecule has 0 radical (unpaired) electrons. The van der Waals surface area contributed by atoms with E-state index in [1.54, 1.807) is 23.1 Å². The van der Waals surface area contributed by atoms with Gasteiger partial charge in [-0.25, -0.2) is 4.98 Å². The van der Waals surface area contributed by atoms with Gasteiger partial charge in [0.15, 0.2) is 17.1 Å². The van der Waals surface area contributed by atoms with Gasteiger partial charge in [-0.2, -0.15) is 0 Å². The number of rotatable bonds is 9. The molecule has 0 saturated heterocycles. The molecule has 5 nitrogen and oxygen atoms in total. The van der Waals surface area contributed by atoms with E-state index >= 15 is 0 Å². The molecule has 2 aromatic carbocycles. The largest absolute Gasteiger partial charge is 0.482 e. The Morgan fingerprint density at radius 1 is 1.09 bits per heavy atom. The van der Waals surface area contributed by atoms with Crippen LogP contribution in [0.15, 0.2) is 71.7 Å². The molecule has 2 aromatic heterocycles. The summed E-state index contributed by atoms with van der Waals surface area (Å²) >= 11 is 3.31. The lowest BCUT2D eigenvalue weighted by Crippen LogP contribution is -2.12. The SMILES string of the molecule is C=CCn1c(SCc2csc(-c3ccccc3C)n2)nnc1C(C)Oc1ccccc1C. The number of allylic oxidation sites excluding steroid dienone is 1. The number of nitrogens with zero attached hydrogens (tertiary/aromatic N) is 4. The highest BCUT2D eigenvalue weighted by Gasteiger charge is 2.20. The van der Waals surface area contributed by atoms with Crippen molar-refractivity contribution >= 4 is 23.1 Å². The first-order valence-corrected chi connectivity index (χ1v) is 12.3. The van der Waals surface area contributed by atoms with Gasteiger partial charge in [-0.3, -0.25) is 4.57 Å². The molecule has 0 fully saturated rings. The minimum atomic E-state index is -0.232. The minimum absolute atomic E-state index is 0.232. The molecule has 0 aliphatic heterocycles. The molecular formula is C25H26N4OS2. The monoisotopic (exact) mass is 462 g/mol. The number of benzene rings is 2. The van der Waals surface area contributed by atoms with Gasteiger partial charge < -0.3 is 4.74 Å². The summed E-state index contributed by atoms with van der Waals surface area (Å²) < 4.78 is 8.24. The lowest BCUT2D eigenvalue weighted by atomic mass is 10.1. The zero-order chi connectivity index (χ0) is 22.5. The molecule has 4 aromatic rings. The van der Waals surface area contributed by atoms with Crippen molar-refractivity contribution in [2.45, 2.75) is 44.3 Å². The highest BCUT2D eigenvalue weighted by molar-refractivity contribution is 7.98. The molecule has 2 heterocycles. The molecule has 0 bridgehead atoms. The minimum Gasteiger partial charge on any atom is -0.482 e. The van der Waals surface area contributed by atoms with Crippen LogP contribution in [0, 0.1) is 13.8 Å². The fourth-order valence-electron chi connectivity index (χ4n) is 3.39. The van der Waals surface area contributed by atoms with Gasteiger partial charge in [-0.15, -0.1) is 28.1 Å². The van der Waals surface area contributed by atoms with Crippen molar-refractivity contribution in [2.24, 2.45) is 0 Å². The van der Waals surface area contributed by atoms with Crippen LogP contribution in [-0.4, -0.2) is 19.7 Å². The predicted octanol–water partition coefficient (Wildman–Crippen LogP) is 6.64. The van der Waals surface area contributed by atoms with Crippen LogP contribution in [0.5, 0.6) is 5.75 Å². The smallest absolute Gasteiger partial charge is 0.192 e. The van der Waals surface area contributed by atoms with Gasteiger partial charge in [0.1, 0.15) is 10.8 Å². The second-order valence-electron chi connectivity index (χ2n) is 7.51. The first-order valence-electron chi connectivity index (χ1n) is 10.5. The summed E-state index contributed by atoms with van der Waals surface area (Å²) in [6.45, 7) is 10.7. The second kappa shape index (κ2) is 10.1. The lowest BCUT2D eigenvalue weighted by molar-refractivity contribution is 0.209. The normalized spacial score (nSPS) is 12.0. The topological polar surface area (TPSA) is 52.8 Å². The summed E-state index contributed by atoms with van der Waals surface area (Å²) in [5, 5.41) is 12.9. The predicted molar refractivity (Wildman–Crippen MR) is 132 cm³/mol. The molecule has 1 atom stereocenters. The average molecular weight is 463 g/mol. The van der Waals surface area contributed by atoms with E-state index in [0.717, 1.165) is 38.7 Å². The standard InChI is InChI=1S/C25H26N4OS2/c1-5-14-29-23(19(4)30-22-13-9-7-11-18(22)3)27-28-25(29)32-16-20-15-31-24(26-20)21-12-8-6-10-17(21)2/h5-13,15,19H,1,14,16H2,2-4H3. The van der Waals surface area contributed by atoms with E-state index in [9.17, 15) is 0 Å². The molecular weight excluding hydrogens is 436 g/mol. The van der Waals surface area contributed by atoms with Crippen LogP contribution in [0.25, 0.3) is 10.6 Å². The van der Waals surface area contributed by atoms with E-state index in [1.807, 2.05) is 44.2 Å².